The number of nitriles is 1. The van der Waals surface area contributed by atoms with E-state index in [0.29, 0.717) is 18.9 Å². The summed E-state index contributed by atoms with van der Waals surface area (Å²) >= 11 is 4.37. The molecule has 140 valence electrons. The van der Waals surface area contributed by atoms with Crippen LogP contribution in [-0.2, 0) is 4.79 Å². The lowest BCUT2D eigenvalue weighted by Crippen LogP contribution is -2.13. The summed E-state index contributed by atoms with van der Waals surface area (Å²) in [5.74, 6) is 1.08. The topological polar surface area (TPSA) is 71.3 Å². The van der Waals surface area contributed by atoms with E-state index in [9.17, 15) is 10.1 Å². The lowest BCUT2D eigenvalue weighted by molar-refractivity contribution is -0.112. The van der Waals surface area contributed by atoms with Crippen molar-refractivity contribution >= 4 is 62.9 Å². The van der Waals surface area contributed by atoms with Crippen LogP contribution in [-0.4, -0.2) is 19.1 Å². The van der Waals surface area contributed by atoms with Crippen LogP contribution in [0.3, 0.4) is 0 Å². The van der Waals surface area contributed by atoms with Gasteiger partial charge in [0.1, 0.15) is 23.1 Å². The molecule has 0 saturated heterocycles. The maximum absolute atomic E-state index is 12.4. The van der Waals surface area contributed by atoms with E-state index >= 15 is 0 Å². The van der Waals surface area contributed by atoms with Crippen molar-refractivity contribution in [3.63, 3.8) is 0 Å². The van der Waals surface area contributed by atoms with Crippen LogP contribution in [0.15, 0.2) is 42.0 Å². The maximum atomic E-state index is 12.4. The van der Waals surface area contributed by atoms with Crippen LogP contribution in [0.1, 0.15) is 19.4 Å². The molecule has 0 atom stereocenters. The minimum absolute atomic E-state index is 0.0274. The van der Waals surface area contributed by atoms with E-state index in [1.54, 1.807) is 30.3 Å². The van der Waals surface area contributed by atoms with Gasteiger partial charge in [-0.2, -0.15) is 5.26 Å². The third-order valence-electron chi connectivity index (χ3n) is 3.41. The second-order valence-electron chi connectivity index (χ2n) is 5.33. The highest BCUT2D eigenvalue weighted by Crippen LogP contribution is 2.30. The molecule has 2 aromatic rings. The summed E-state index contributed by atoms with van der Waals surface area (Å²) in [6, 6.07) is 12.8. The Balaban J connectivity index is 2.20. The lowest BCUT2D eigenvalue weighted by Gasteiger charge is -2.10. The van der Waals surface area contributed by atoms with Crippen LogP contribution < -0.4 is 14.8 Å². The Hall–Kier alpha value is -1.80. The first kappa shape index (κ1) is 21.5. The number of benzene rings is 2. The van der Waals surface area contributed by atoms with Crippen molar-refractivity contribution in [3.8, 4) is 17.6 Å². The first-order valence-corrected chi connectivity index (χ1v) is 10.4. The highest BCUT2D eigenvalue weighted by molar-refractivity contribution is 14.1. The van der Waals surface area contributed by atoms with Crippen molar-refractivity contribution in [2.24, 2.45) is 0 Å². The molecule has 1 N–H and O–H groups in total. The molecule has 0 aliphatic carbocycles. The highest BCUT2D eigenvalue weighted by atomic mass is 127. The number of rotatable bonds is 7. The van der Waals surface area contributed by atoms with E-state index < -0.39 is 5.91 Å². The number of anilines is 1. The van der Waals surface area contributed by atoms with Crippen LogP contribution in [0, 0.1) is 18.5 Å². The molecule has 0 aliphatic rings. The highest BCUT2D eigenvalue weighted by Gasteiger charge is 2.12. The van der Waals surface area contributed by atoms with Gasteiger partial charge in [0.2, 0.25) is 0 Å². The SMILES string of the molecule is CCOc1ccc(NC(=O)/C(C#N)=C\c2cc(I)c(OCC)c(I)c2)cc1. The van der Waals surface area contributed by atoms with E-state index in [1.165, 1.54) is 0 Å². The fraction of sp³-hybridized carbons (Fsp3) is 0.200. The van der Waals surface area contributed by atoms with E-state index in [1.807, 2.05) is 32.0 Å². The second-order valence-corrected chi connectivity index (χ2v) is 7.65. The van der Waals surface area contributed by atoms with Crippen LogP contribution in [0.2, 0.25) is 0 Å². The smallest absolute Gasteiger partial charge is 0.266 e. The zero-order valence-electron chi connectivity index (χ0n) is 14.9. The fourth-order valence-corrected chi connectivity index (χ4v) is 4.39. The molecule has 7 heteroatoms. The number of nitrogens with zero attached hydrogens (tertiary/aromatic N) is 1. The summed E-state index contributed by atoms with van der Waals surface area (Å²) < 4.78 is 12.8. The van der Waals surface area contributed by atoms with Crippen molar-refractivity contribution in [2.45, 2.75) is 13.8 Å². The van der Waals surface area contributed by atoms with Gasteiger partial charge < -0.3 is 14.8 Å². The Kier molecular flexibility index (Phi) is 8.37. The zero-order chi connectivity index (χ0) is 19.8. The minimum Gasteiger partial charge on any atom is -0.494 e. The number of hydrogen-bond donors (Lipinski definition) is 1. The number of carbonyl (C=O) groups excluding carboxylic acids is 1. The van der Waals surface area contributed by atoms with Crippen LogP contribution in [0.4, 0.5) is 5.69 Å². The molecule has 0 aromatic heterocycles. The molecule has 1 amide bonds. The van der Waals surface area contributed by atoms with Gasteiger partial charge in [0.05, 0.1) is 20.4 Å². The first-order chi connectivity index (χ1) is 13.0. The fourth-order valence-electron chi connectivity index (χ4n) is 2.26. The number of hydrogen-bond acceptors (Lipinski definition) is 4. The molecule has 0 unspecified atom stereocenters. The lowest BCUT2D eigenvalue weighted by atomic mass is 10.1. The van der Waals surface area contributed by atoms with Gasteiger partial charge in [0.15, 0.2) is 0 Å². The minimum atomic E-state index is -0.458. The Morgan fingerprint density at radius 2 is 1.70 bits per heavy atom. The van der Waals surface area contributed by atoms with Gasteiger partial charge in [-0.05, 0) is 107 Å². The molecule has 2 rings (SSSR count). The molecule has 0 bridgehead atoms. The molecular weight excluding hydrogens is 570 g/mol. The molecular formula is C20H18I2N2O3. The van der Waals surface area contributed by atoms with Crippen molar-refractivity contribution in [1.29, 1.82) is 5.26 Å². The van der Waals surface area contributed by atoms with E-state index in [4.69, 9.17) is 9.47 Å². The monoisotopic (exact) mass is 588 g/mol. The van der Waals surface area contributed by atoms with E-state index in [0.717, 1.165) is 24.2 Å². The largest absolute Gasteiger partial charge is 0.494 e. The third-order valence-corrected chi connectivity index (χ3v) is 5.01. The first-order valence-electron chi connectivity index (χ1n) is 8.26. The third kappa shape index (κ3) is 6.10. The van der Waals surface area contributed by atoms with Gasteiger partial charge >= 0.3 is 0 Å². The van der Waals surface area contributed by atoms with Gasteiger partial charge in [0, 0.05) is 5.69 Å². The van der Waals surface area contributed by atoms with E-state index in [2.05, 4.69) is 50.5 Å². The van der Waals surface area contributed by atoms with E-state index in [-0.39, 0.29) is 5.57 Å². The second kappa shape index (κ2) is 10.5. The molecule has 5 nitrogen and oxygen atoms in total. The maximum Gasteiger partial charge on any atom is 0.266 e. The van der Waals surface area contributed by atoms with Gasteiger partial charge in [0.25, 0.3) is 5.91 Å². The molecule has 0 saturated carbocycles. The summed E-state index contributed by atoms with van der Waals surface area (Å²) in [5, 5.41) is 12.1. The summed E-state index contributed by atoms with van der Waals surface area (Å²) in [7, 11) is 0. The Morgan fingerprint density at radius 3 is 2.22 bits per heavy atom. The molecule has 27 heavy (non-hydrogen) atoms. The summed E-state index contributed by atoms with van der Waals surface area (Å²) in [6.45, 7) is 4.99. The van der Waals surface area contributed by atoms with Crippen LogP contribution >= 0.6 is 45.2 Å². The molecule has 0 spiro atoms. The molecule has 0 aliphatic heterocycles. The van der Waals surface area contributed by atoms with Crippen LogP contribution in [0.25, 0.3) is 6.08 Å². The van der Waals surface area contributed by atoms with Crippen molar-refractivity contribution in [1.82, 2.24) is 0 Å². The number of carbonyl (C=O) groups is 1. The molecule has 0 radical (unpaired) electrons. The summed E-state index contributed by atoms with van der Waals surface area (Å²) in [6.07, 6.45) is 1.57. The Morgan fingerprint density at radius 1 is 1.11 bits per heavy atom. The summed E-state index contributed by atoms with van der Waals surface area (Å²) in [4.78, 5) is 12.4. The average molecular weight is 588 g/mol. The standard InChI is InChI=1S/C20H18I2N2O3/c1-3-26-16-7-5-15(6-8-16)24-20(25)14(12-23)9-13-10-17(21)19(27-4-2)18(22)11-13/h5-11H,3-4H2,1-2H3,(H,24,25)/b14-9-. The van der Waals surface area contributed by atoms with Crippen molar-refractivity contribution in [3.05, 3.63) is 54.7 Å². The number of amides is 1. The zero-order valence-corrected chi connectivity index (χ0v) is 19.2. The predicted molar refractivity (Wildman–Crippen MR) is 123 cm³/mol. The average Bonchev–Trinajstić information content (AvgIpc) is 2.64. The van der Waals surface area contributed by atoms with Crippen LogP contribution in [0.5, 0.6) is 11.5 Å². The Labute approximate surface area is 186 Å². The quantitative estimate of drug-likeness (QED) is 0.273. The van der Waals surface area contributed by atoms with Gasteiger partial charge in [-0.3, -0.25) is 4.79 Å². The molecule has 2 aromatic carbocycles. The predicted octanol–water partition coefficient (Wildman–Crippen LogP) is 5.24. The van der Waals surface area contributed by atoms with Crippen molar-refractivity contribution in [2.75, 3.05) is 18.5 Å². The van der Waals surface area contributed by atoms with Gasteiger partial charge in [-0.1, -0.05) is 0 Å². The number of ether oxygens (including phenoxy) is 2. The Bertz CT molecular complexity index is 864. The van der Waals surface area contributed by atoms with Crippen molar-refractivity contribution < 1.29 is 14.3 Å². The normalized spacial score (nSPS) is 10.9. The molecule has 0 fully saturated rings. The number of nitrogens with one attached hydrogen (secondary N) is 1. The summed E-state index contributed by atoms with van der Waals surface area (Å²) in [5.41, 5.74) is 1.39. The van der Waals surface area contributed by atoms with Gasteiger partial charge in [-0.25, -0.2) is 0 Å². The number of halogens is 2. The molecule has 0 heterocycles. The van der Waals surface area contributed by atoms with Gasteiger partial charge in [-0.15, -0.1) is 0 Å².